The standard InChI is InChI=1S/C23H23ClN2O4S/c1-29-19-6-9-21(10-7-19)31(28)16-20-8-11-22(30-20)23(27)26-14-12-25(13-15-26)18-4-2-17(24)3-5-18/h2-11H,12-16H2,1H3/t31-/m0/s1. The lowest BCUT2D eigenvalue weighted by atomic mass is 10.2. The molecule has 3 aromatic rings. The first kappa shape index (κ1) is 21.5. The van der Waals surface area contributed by atoms with E-state index < -0.39 is 10.8 Å². The molecule has 6 nitrogen and oxygen atoms in total. The Bertz CT molecular complexity index is 1060. The van der Waals surface area contributed by atoms with Gasteiger partial charge in [-0.25, -0.2) is 0 Å². The van der Waals surface area contributed by atoms with Crippen molar-refractivity contribution in [3.63, 3.8) is 0 Å². The maximum atomic E-state index is 12.8. The molecule has 1 aliphatic heterocycles. The van der Waals surface area contributed by atoms with Crippen molar-refractivity contribution in [1.29, 1.82) is 0 Å². The van der Waals surface area contributed by atoms with Crippen LogP contribution in [-0.4, -0.2) is 48.3 Å². The molecule has 2 heterocycles. The van der Waals surface area contributed by atoms with Crippen molar-refractivity contribution in [2.24, 2.45) is 0 Å². The van der Waals surface area contributed by atoms with Gasteiger partial charge in [0.2, 0.25) is 0 Å². The Morgan fingerprint density at radius 2 is 1.68 bits per heavy atom. The average Bonchev–Trinajstić information content (AvgIpc) is 3.27. The van der Waals surface area contributed by atoms with Gasteiger partial charge >= 0.3 is 0 Å². The van der Waals surface area contributed by atoms with Gasteiger partial charge in [-0.1, -0.05) is 11.6 Å². The molecule has 0 aliphatic carbocycles. The lowest BCUT2D eigenvalue weighted by molar-refractivity contribution is 0.0713. The number of anilines is 1. The van der Waals surface area contributed by atoms with Gasteiger partial charge in [0.05, 0.1) is 23.7 Å². The first-order chi connectivity index (χ1) is 15.0. The fraction of sp³-hybridized carbons (Fsp3) is 0.261. The van der Waals surface area contributed by atoms with Crippen molar-refractivity contribution in [1.82, 2.24) is 4.90 Å². The van der Waals surface area contributed by atoms with Crippen LogP contribution in [0, 0.1) is 0 Å². The molecule has 0 spiro atoms. The number of nitrogens with zero attached hydrogens (tertiary/aromatic N) is 2. The Labute approximate surface area is 188 Å². The lowest BCUT2D eigenvalue weighted by Crippen LogP contribution is -2.48. The summed E-state index contributed by atoms with van der Waals surface area (Å²) in [6.45, 7) is 2.69. The molecule has 2 aromatic carbocycles. The first-order valence-corrected chi connectivity index (χ1v) is 11.6. The van der Waals surface area contributed by atoms with Gasteiger partial charge in [0, 0.05) is 41.8 Å². The lowest BCUT2D eigenvalue weighted by Gasteiger charge is -2.35. The number of carbonyl (C=O) groups is 1. The van der Waals surface area contributed by atoms with Crippen LogP contribution in [0.5, 0.6) is 5.75 Å². The highest BCUT2D eigenvalue weighted by atomic mass is 35.5. The van der Waals surface area contributed by atoms with Crippen molar-refractivity contribution < 1.29 is 18.2 Å². The molecule has 0 saturated carbocycles. The monoisotopic (exact) mass is 458 g/mol. The van der Waals surface area contributed by atoms with E-state index in [0.29, 0.717) is 34.5 Å². The zero-order valence-corrected chi connectivity index (χ0v) is 18.7. The predicted molar refractivity (Wildman–Crippen MR) is 121 cm³/mol. The molecule has 4 rings (SSSR count). The van der Waals surface area contributed by atoms with E-state index in [1.54, 1.807) is 48.4 Å². The van der Waals surface area contributed by atoms with Crippen molar-refractivity contribution >= 4 is 34.0 Å². The third kappa shape index (κ3) is 5.11. The Balaban J connectivity index is 1.34. The van der Waals surface area contributed by atoms with Gasteiger partial charge in [-0.2, -0.15) is 0 Å². The quantitative estimate of drug-likeness (QED) is 0.553. The van der Waals surface area contributed by atoms with Crippen LogP contribution in [0.2, 0.25) is 5.02 Å². The Hall–Kier alpha value is -2.77. The molecule has 0 N–H and O–H groups in total. The topological polar surface area (TPSA) is 63.0 Å². The van der Waals surface area contributed by atoms with Gasteiger partial charge in [-0.3, -0.25) is 9.00 Å². The van der Waals surface area contributed by atoms with Crippen molar-refractivity contribution in [3.8, 4) is 5.75 Å². The average molecular weight is 459 g/mol. The molecule has 0 radical (unpaired) electrons. The van der Waals surface area contributed by atoms with Gasteiger partial charge in [-0.15, -0.1) is 0 Å². The summed E-state index contributed by atoms with van der Waals surface area (Å²) in [4.78, 5) is 17.5. The summed E-state index contributed by atoms with van der Waals surface area (Å²) in [7, 11) is 0.321. The molecule has 1 amide bonds. The maximum Gasteiger partial charge on any atom is 0.289 e. The number of amides is 1. The highest BCUT2D eigenvalue weighted by Crippen LogP contribution is 2.22. The second-order valence-corrected chi connectivity index (χ2v) is 9.07. The second kappa shape index (κ2) is 9.58. The molecule has 1 aliphatic rings. The van der Waals surface area contributed by atoms with E-state index in [4.69, 9.17) is 20.8 Å². The third-order valence-electron chi connectivity index (χ3n) is 5.23. The molecule has 1 fully saturated rings. The highest BCUT2D eigenvalue weighted by molar-refractivity contribution is 7.84. The minimum atomic E-state index is -1.27. The number of rotatable bonds is 6. The molecular weight excluding hydrogens is 436 g/mol. The number of piperazine rings is 1. The number of furan rings is 1. The third-order valence-corrected chi connectivity index (χ3v) is 6.82. The van der Waals surface area contributed by atoms with E-state index in [1.807, 2.05) is 24.3 Å². The smallest absolute Gasteiger partial charge is 0.289 e. The van der Waals surface area contributed by atoms with E-state index in [0.717, 1.165) is 18.8 Å². The van der Waals surface area contributed by atoms with Crippen LogP contribution in [-0.2, 0) is 16.6 Å². The van der Waals surface area contributed by atoms with Crippen molar-refractivity contribution in [2.75, 3.05) is 38.2 Å². The predicted octanol–water partition coefficient (Wildman–Crippen LogP) is 4.21. The van der Waals surface area contributed by atoms with E-state index in [9.17, 15) is 9.00 Å². The van der Waals surface area contributed by atoms with Crippen LogP contribution in [0.1, 0.15) is 16.3 Å². The maximum absolute atomic E-state index is 12.8. The van der Waals surface area contributed by atoms with Crippen molar-refractivity contribution in [2.45, 2.75) is 10.6 Å². The summed E-state index contributed by atoms with van der Waals surface area (Å²) in [6, 6.07) is 18.2. The number of methoxy groups -OCH3 is 1. The first-order valence-electron chi connectivity index (χ1n) is 9.94. The minimum absolute atomic E-state index is 0.141. The highest BCUT2D eigenvalue weighted by Gasteiger charge is 2.24. The molecule has 162 valence electrons. The van der Waals surface area contributed by atoms with E-state index >= 15 is 0 Å². The molecule has 1 atom stereocenters. The normalized spacial score (nSPS) is 15.0. The SMILES string of the molecule is COc1ccc([S@@](=O)Cc2ccc(C(=O)N3CCN(c4ccc(Cl)cc4)CC3)o2)cc1. The molecule has 0 unspecified atom stereocenters. The van der Waals surface area contributed by atoms with Crippen molar-refractivity contribution in [3.05, 3.63) is 77.2 Å². The summed E-state index contributed by atoms with van der Waals surface area (Å²) in [5, 5.41) is 0.708. The molecule has 1 saturated heterocycles. The van der Waals surface area contributed by atoms with Crippen LogP contribution in [0.3, 0.4) is 0 Å². The van der Waals surface area contributed by atoms with Crippen LogP contribution in [0.15, 0.2) is 70.0 Å². The molecule has 1 aromatic heterocycles. The summed E-state index contributed by atoms with van der Waals surface area (Å²) < 4.78 is 23.4. The van der Waals surface area contributed by atoms with Gasteiger partial charge in [0.25, 0.3) is 5.91 Å². The second-order valence-electron chi connectivity index (χ2n) is 7.19. The summed E-state index contributed by atoms with van der Waals surface area (Å²) in [6.07, 6.45) is 0. The number of carbonyl (C=O) groups excluding carboxylic acids is 1. The van der Waals surface area contributed by atoms with E-state index in [2.05, 4.69) is 4.90 Å². The van der Waals surface area contributed by atoms with Crippen LogP contribution in [0.4, 0.5) is 5.69 Å². The largest absolute Gasteiger partial charge is 0.497 e. The van der Waals surface area contributed by atoms with Gasteiger partial charge in [-0.05, 0) is 60.7 Å². The van der Waals surface area contributed by atoms with E-state index in [1.165, 1.54) is 0 Å². The van der Waals surface area contributed by atoms with E-state index in [-0.39, 0.29) is 17.4 Å². The zero-order valence-electron chi connectivity index (χ0n) is 17.1. The Morgan fingerprint density at radius 3 is 2.32 bits per heavy atom. The number of hydrogen-bond donors (Lipinski definition) is 0. The molecular formula is C23H23ClN2O4S. The zero-order chi connectivity index (χ0) is 21.8. The fourth-order valence-corrected chi connectivity index (χ4v) is 4.63. The van der Waals surface area contributed by atoms with Gasteiger partial charge in [0.1, 0.15) is 11.5 Å². The number of hydrogen-bond acceptors (Lipinski definition) is 5. The van der Waals surface area contributed by atoms with Crippen LogP contribution >= 0.6 is 11.6 Å². The summed E-state index contributed by atoms with van der Waals surface area (Å²) in [5.74, 6) is 1.59. The minimum Gasteiger partial charge on any atom is -0.497 e. The Morgan fingerprint density at radius 1 is 1.00 bits per heavy atom. The van der Waals surface area contributed by atoms with Crippen LogP contribution in [0.25, 0.3) is 0 Å². The molecule has 8 heteroatoms. The van der Waals surface area contributed by atoms with Gasteiger partial charge < -0.3 is 19.0 Å². The number of benzene rings is 2. The summed E-state index contributed by atoms with van der Waals surface area (Å²) in [5.41, 5.74) is 1.10. The number of halogens is 1. The van der Waals surface area contributed by atoms with Crippen LogP contribution < -0.4 is 9.64 Å². The fourth-order valence-electron chi connectivity index (χ4n) is 3.49. The van der Waals surface area contributed by atoms with Gasteiger partial charge in [0.15, 0.2) is 5.76 Å². The molecule has 31 heavy (non-hydrogen) atoms. The number of ether oxygens (including phenoxy) is 1. The molecule has 0 bridgehead atoms. The Kier molecular flexibility index (Phi) is 6.63. The summed E-state index contributed by atoms with van der Waals surface area (Å²) >= 11 is 5.96.